The Labute approximate surface area is 81.5 Å². The summed E-state index contributed by atoms with van der Waals surface area (Å²) >= 11 is 0. The maximum atomic E-state index is 5.78. The van der Waals surface area contributed by atoms with Gasteiger partial charge >= 0.3 is 0 Å². The molecule has 5 nitrogen and oxygen atoms in total. The van der Waals surface area contributed by atoms with Crippen LogP contribution in [0.15, 0.2) is 29.3 Å². The Bertz CT molecular complexity index is 391. The molecule has 0 fully saturated rings. The van der Waals surface area contributed by atoms with Crippen molar-refractivity contribution in [1.82, 2.24) is 14.7 Å². The average molecular weight is 192 g/mol. The molecule has 0 saturated heterocycles. The number of nitrogens with zero attached hydrogens (tertiary/aromatic N) is 3. The maximum absolute atomic E-state index is 5.78. The molecule has 0 aliphatic heterocycles. The molecule has 0 aromatic carbocycles. The molecular formula is C9H12N4O. The molecule has 2 aromatic rings. The van der Waals surface area contributed by atoms with E-state index < -0.39 is 0 Å². The summed E-state index contributed by atoms with van der Waals surface area (Å²) in [6.07, 6.45) is 5.13. The van der Waals surface area contributed by atoms with Crippen LogP contribution < -0.4 is 5.73 Å². The van der Waals surface area contributed by atoms with E-state index in [2.05, 4.69) is 10.1 Å². The van der Waals surface area contributed by atoms with Gasteiger partial charge in [0.1, 0.15) is 0 Å². The summed E-state index contributed by atoms with van der Waals surface area (Å²) in [4.78, 5) is 4.04. The minimum atomic E-state index is -0.0274. The predicted molar refractivity (Wildman–Crippen MR) is 50.4 cm³/mol. The molecule has 2 rings (SSSR count). The van der Waals surface area contributed by atoms with Gasteiger partial charge < -0.3 is 14.8 Å². The van der Waals surface area contributed by atoms with Crippen molar-refractivity contribution in [3.63, 3.8) is 0 Å². The molecule has 0 aliphatic carbocycles. The largest absolute Gasteiger partial charge is 0.359 e. The van der Waals surface area contributed by atoms with Gasteiger partial charge in [0, 0.05) is 18.3 Å². The second-order valence-electron chi connectivity index (χ2n) is 3.21. The van der Waals surface area contributed by atoms with Gasteiger partial charge in [-0.3, -0.25) is 0 Å². The van der Waals surface area contributed by atoms with E-state index in [0.717, 1.165) is 11.5 Å². The van der Waals surface area contributed by atoms with E-state index in [1.54, 1.807) is 18.7 Å². The molecule has 0 amide bonds. The zero-order valence-corrected chi connectivity index (χ0v) is 7.92. The SMILES string of the molecule is C[C@@H](N)c1cncn1Cc1ccno1. The molecular weight excluding hydrogens is 180 g/mol. The molecule has 0 aliphatic rings. The Morgan fingerprint density at radius 1 is 1.64 bits per heavy atom. The summed E-state index contributed by atoms with van der Waals surface area (Å²) in [7, 11) is 0. The van der Waals surface area contributed by atoms with Crippen LogP contribution in [0.4, 0.5) is 0 Å². The third-order valence-corrected chi connectivity index (χ3v) is 2.03. The van der Waals surface area contributed by atoms with Gasteiger partial charge in [-0.15, -0.1) is 0 Å². The Hall–Kier alpha value is -1.62. The average Bonchev–Trinajstić information content (AvgIpc) is 2.75. The number of hydrogen-bond donors (Lipinski definition) is 1. The first kappa shape index (κ1) is 8.96. The van der Waals surface area contributed by atoms with Gasteiger partial charge in [-0.05, 0) is 6.92 Å². The number of rotatable bonds is 3. The lowest BCUT2D eigenvalue weighted by Crippen LogP contribution is -2.12. The molecule has 0 unspecified atom stereocenters. The van der Waals surface area contributed by atoms with Gasteiger partial charge in [-0.1, -0.05) is 5.16 Å². The van der Waals surface area contributed by atoms with Crippen molar-refractivity contribution in [3.05, 3.63) is 36.2 Å². The molecule has 1 atom stereocenters. The Kier molecular flexibility index (Phi) is 2.32. The normalized spacial score (nSPS) is 13.0. The summed E-state index contributed by atoms with van der Waals surface area (Å²) in [6.45, 7) is 2.55. The van der Waals surface area contributed by atoms with Crippen LogP contribution in [0, 0.1) is 0 Å². The van der Waals surface area contributed by atoms with Gasteiger partial charge in [0.2, 0.25) is 0 Å². The summed E-state index contributed by atoms with van der Waals surface area (Å²) in [5.41, 5.74) is 6.77. The summed E-state index contributed by atoms with van der Waals surface area (Å²) in [5, 5.41) is 3.64. The fourth-order valence-corrected chi connectivity index (χ4v) is 1.33. The van der Waals surface area contributed by atoms with Crippen molar-refractivity contribution in [1.29, 1.82) is 0 Å². The van der Waals surface area contributed by atoms with Crippen LogP contribution in [-0.4, -0.2) is 14.7 Å². The highest BCUT2D eigenvalue weighted by Gasteiger charge is 2.08. The summed E-state index contributed by atoms with van der Waals surface area (Å²) in [6, 6.07) is 1.80. The standard InChI is InChI=1S/C9H12N4O/c1-7(10)9-4-11-6-13(9)5-8-2-3-12-14-8/h2-4,6-7H,5,10H2,1H3/t7-/m1/s1. The molecule has 74 valence electrons. The molecule has 0 saturated carbocycles. The first-order chi connectivity index (χ1) is 6.77. The molecule has 0 radical (unpaired) electrons. The van der Waals surface area contributed by atoms with Crippen LogP contribution in [-0.2, 0) is 6.54 Å². The molecule has 0 spiro atoms. The van der Waals surface area contributed by atoms with E-state index in [1.165, 1.54) is 0 Å². The second kappa shape index (κ2) is 3.63. The van der Waals surface area contributed by atoms with E-state index in [0.29, 0.717) is 6.54 Å². The fourth-order valence-electron chi connectivity index (χ4n) is 1.33. The van der Waals surface area contributed by atoms with Crippen molar-refractivity contribution in [2.75, 3.05) is 0 Å². The van der Waals surface area contributed by atoms with Gasteiger partial charge in [0.05, 0.1) is 24.8 Å². The highest BCUT2D eigenvalue weighted by molar-refractivity contribution is 5.06. The first-order valence-electron chi connectivity index (χ1n) is 4.42. The molecule has 2 aromatic heterocycles. The Morgan fingerprint density at radius 2 is 2.50 bits per heavy atom. The van der Waals surface area contributed by atoms with E-state index in [1.807, 2.05) is 17.6 Å². The first-order valence-corrected chi connectivity index (χ1v) is 4.42. The van der Waals surface area contributed by atoms with Crippen molar-refractivity contribution >= 4 is 0 Å². The lowest BCUT2D eigenvalue weighted by Gasteiger charge is -2.08. The maximum Gasteiger partial charge on any atom is 0.156 e. The van der Waals surface area contributed by atoms with Crippen LogP contribution in [0.25, 0.3) is 0 Å². The summed E-state index contributed by atoms with van der Waals surface area (Å²) in [5.74, 6) is 0.796. The van der Waals surface area contributed by atoms with E-state index in [9.17, 15) is 0 Å². The van der Waals surface area contributed by atoms with E-state index >= 15 is 0 Å². The van der Waals surface area contributed by atoms with Crippen molar-refractivity contribution in [2.45, 2.75) is 19.5 Å². The van der Waals surface area contributed by atoms with Crippen LogP contribution in [0.1, 0.15) is 24.4 Å². The minimum absolute atomic E-state index is 0.0274. The van der Waals surface area contributed by atoms with E-state index in [-0.39, 0.29) is 6.04 Å². The monoisotopic (exact) mass is 192 g/mol. The number of aromatic nitrogens is 3. The fraction of sp³-hybridized carbons (Fsp3) is 0.333. The zero-order chi connectivity index (χ0) is 9.97. The predicted octanol–water partition coefficient (Wildman–Crippen LogP) is 0.939. The molecule has 5 heteroatoms. The number of hydrogen-bond acceptors (Lipinski definition) is 4. The Balaban J connectivity index is 2.21. The van der Waals surface area contributed by atoms with Gasteiger partial charge in [0.25, 0.3) is 0 Å². The van der Waals surface area contributed by atoms with Gasteiger partial charge in [-0.25, -0.2) is 4.98 Å². The van der Waals surface area contributed by atoms with Crippen molar-refractivity contribution < 1.29 is 4.52 Å². The lowest BCUT2D eigenvalue weighted by atomic mass is 10.2. The quantitative estimate of drug-likeness (QED) is 0.785. The van der Waals surface area contributed by atoms with Crippen LogP contribution in [0.2, 0.25) is 0 Å². The topological polar surface area (TPSA) is 69.9 Å². The third-order valence-electron chi connectivity index (χ3n) is 2.03. The Morgan fingerprint density at radius 3 is 3.14 bits per heavy atom. The zero-order valence-electron chi connectivity index (χ0n) is 7.92. The van der Waals surface area contributed by atoms with E-state index in [4.69, 9.17) is 10.3 Å². The smallest absolute Gasteiger partial charge is 0.156 e. The third kappa shape index (κ3) is 1.67. The number of imidazole rings is 1. The van der Waals surface area contributed by atoms with Crippen molar-refractivity contribution in [2.24, 2.45) is 5.73 Å². The van der Waals surface area contributed by atoms with Gasteiger partial charge in [-0.2, -0.15) is 0 Å². The lowest BCUT2D eigenvalue weighted by molar-refractivity contribution is 0.374. The van der Waals surface area contributed by atoms with Crippen LogP contribution in [0.3, 0.4) is 0 Å². The molecule has 0 bridgehead atoms. The molecule has 2 N–H and O–H groups in total. The minimum Gasteiger partial charge on any atom is -0.359 e. The van der Waals surface area contributed by atoms with Gasteiger partial charge in [0.15, 0.2) is 5.76 Å². The second-order valence-corrected chi connectivity index (χ2v) is 3.21. The highest BCUT2D eigenvalue weighted by atomic mass is 16.5. The van der Waals surface area contributed by atoms with Crippen LogP contribution >= 0.6 is 0 Å². The summed E-state index contributed by atoms with van der Waals surface area (Å²) < 4.78 is 6.95. The highest BCUT2D eigenvalue weighted by Crippen LogP contribution is 2.10. The molecule has 14 heavy (non-hydrogen) atoms. The molecule has 2 heterocycles. The van der Waals surface area contributed by atoms with Crippen molar-refractivity contribution in [3.8, 4) is 0 Å². The number of nitrogens with two attached hydrogens (primary N) is 1. The van der Waals surface area contributed by atoms with Crippen LogP contribution in [0.5, 0.6) is 0 Å².